The lowest BCUT2D eigenvalue weighted by Crippen LogP contribution is -2.20. The molecular formula is C21H18F4N2O5S. The zero-order chi connectivity index (χ0) is 24.3. The van der Waals surface area contributed by atoms with E-state index in [1.54, 1.807) is 0 Å². The maximum absolute atomic E-state index is 14.1. The van der Waals surface area contributed by atoms with Gasteiger partial charge in [-0.05, 0) is 43.3 Å². The van der Waals surface area contributed by atoms with Crippen molar-refractivity contribution in [1.82, 2.24) is 4.57 Å². The van der Waals surface area contributed by atoms with Crippen molar-refractivity contribution in [3.8, 4) is 28.4 Å². The number of pyridine rings is 1. The molecule has 0 aliphatic rings. The van der Waals surface area contributed by atoms with Gasteiger partial charge in [0.2, 0.25) is 10.0 Å². The number of ether oxygens (including phenoxy) is 2. The zero-order valence-corrected chi connectivity index (χ0v) is 18.1. The molecule has 0 saturated carbocycles. The van der Waals surface area contributed by atoms with E-state index in [1.165, 1.54) is 38.4 Å². The topological polar surface area (TPSA) is 86.6 Å². The van der Waals surface area contributed by atoms with E-state index in [0.717, 1.165) is 22.8 Å². The lowest BCUT2D eigenvalue weighted by Gasteiger charge is -2.16. The summed E-state index contributed by atoms with van der Waals surface area (Å²) in [5.74, 6) is -3.07. The number of hydrogen-bond donors (Lipinski definition) is 1. The van der Waals surface area contributed by atoms with Crippen LogP contribution in [0.1, 0.15) is 6.92 Å². The SMILES string of the molecule is CCS(=O)(=O)Nc1ccc(Oc2ccc(F)cc2F)c(-c2cc(OC(F)F)c(=O)n(C)c2)c1. The fourth-order valence-electron chi connectivity index (χ4n) is 2.85. The van der Waals surface area contributed by atoms with Crippen LogP contribution < -0.4 is 19.8 Å². The van der Waals surface area contributed by atoms with Crippen LogP contribution in [0.3, 0.4) is 0 Å². The minimum Gasteiger partial charge on any atom is -0.454 e. The van der Waals surface area contributed by atoms with Crippen molar-refractivity contribution in [3.05, 3.63) is 70.6 Å². The molecule has 0 unspecified atom stereocenters. The molecule has 1 N–H and O–H groups in total. The number of anilines is 1. The number of benzene rings is 2. The monoisotopic (exact) mass is 486 g/mol. The van der Waals surface area contributed by atoms with Crippen LogP contribution in [-0.2, 0) is 17.1 Å². The summed E-state index contributed by atoms with van der Waals surface area (Å²) in [7, 11) is -2.37. The third kappa shape index (κ3) is 5.83. The highest BCUT2D eigenvalue weighted by Crippen LogP contribution is 2.37. The van der Waals surface area contributed by atoms with Crippen LogP contribution in [0.25, 0.3) is 11.1 Å². The average Bonchev–Trinajstić information content (AvgIpc) is 2.73. The molecule has 0 spiro atoms. The number of nitrogens with one attached hydrogen (secondary N) is 1. The normalized spacial score (nSPS) is 11.5. The lowest BCUT2D eigenvalue weighted by molar-refractivity contribution is -0.0510. The van der Waals surface area contributed by atoms with E-state index >= 15 is 0 Å². The fraction of sp³-hybridized carbons (Fsp3) is 0.190. The molecule has 0 bridgehead atoms. The van der Waals surface area contributed by atoms with Crippen molar-refractivity contribution < 1.29 is 35.5 Å². The molecule has 33 heavy (non-hydrogen) atoms. The molecule has 1 heterocycles. The number of hydrogen-bond acceptors (Lipinski definition) is 5. The van der Waals surface area contributed by atoms with Crippen LogP contribution in [0.2, 0.25) is 0 Å². The summed E-state index contributed by atoms with van der Waals surface area (Å²) in [6.07, 6.45) is 1.28. The summed E-state index contributed by atoms with van der Waals surface area (Å²) in [5.41, 5.74) is -0.495. The smallest absolute Gasteiger partial charge is 0.387 e. The number of aromatic nitrogens is 1. The van der Waals surface area contributed by atoms with Crippen LogP contribution in [-0.4, -0.2) is 25.3 Å². The second-order valence-corrected chi connectivity index (χ2v) is 8.79. The number of alkyl halides is 2. The summed E-state index contributed by atoms with van der Waals surface area (Å²) in [5, 5.41) is 0. The second-order valence-electron chi connectivity index (χ2n) is 6.78. The molecule has 0 saturated heterocycles. The Morgan fingerprint density at radius 1 is 1.03 bits per heavy atom. The largest absolute Gasteiger partial charge is 0.454 e. The first-order chi connectivity index (χ1) is 15.5. The number of aryl methyl sites for hydroxylation is 1. The highest BCUT2D eigenvalue weighted by molar-refractivity contribution is 7.92. The van der Waals surface area contributed by atoms with Crippen molar-refractivity contribution in [2.75, 3.05) is 10.5 Å². The van der Waals surface area contributed by atoms with Gasteiger partial charge in [0.1, 0.15) is 11.6 Å². The number of nitrogens with zero attached hydrogens (tertiary/aromatic N) is 1. The quantitative estimate of drug-likeness (QED) is 0.475. The molecule has 0 aliphatic heterocycles. The van der Waals surface area contributed by atoms with E-state index in [0.29, 0.717) is 6.07 Å². The maximum atomic E-state index is 14.1. The number of halogens is 4. The summed E-state index contributed by atoms with van der Waals surface area (Å²) in [6, 6.07) is 7.62. The Hall–Kier alpha value is -3.54. The van der Waals surface area contributed by atoms with E-state index in [2.05, 4.69) is 9.46 Å². The molecule has 0 radical (unpaired) electrons. The van der Waals surface area contributed by atoms with Crippen LogP contribution in [0.15, 0.2) is 53.5 Å². The average molecular weight is 486 g/mol. The third-order valence-corrected chi connectivity index (χ3v) is 5.73. The summed E-state index contributed by atoms with van der Waals surface area (Å²) in [4.78, 5) is 12.1. The van der Waals surface area contributed by atoms with Crippen LogP contribution in [0.5, 0.6) is 17.2 Å². The van der Waals surface area contributed by atoms with Gasteiger partial charge in [-0.25, -0.2) is 17.2 Å². The minimum absolute atomic E-state index is 0.0263. The van der Waals surface area contributed by atoms with E-state index in [1.807, 2.05) is 0 Å². The van der Waals surface area contributed by atoms with Gasteiger partial charge >= 0.3 is 6.61 Å². The predicted molar refractivity (Wildman–Crippen MR) is 113 cm³/mol. The Morgan fingerprint density at radius 2 is 1.73 bits per heavy atom. The van der Waals surface area contributed by atoms with E-state index in [9.17, 15) is 30.8 Å². The van der Waals surface area contributed by atoms with E-state index in [-0.39, 0.29) is 34.1 Å². The molecule has 176 valence electrons. The lowest BCUT2D eigenvalue weighted by atomic mass is 10.1. The van der Waals surface area contributed by atoms with Crippen molar-refractivity contribution in [2.24, 2.45) is 7.05 Å². The van der Waals surface area contributed by atoms with E-state index in [4.69, 9.17) is 4.74 Å². The molecule has 3 aromatic rings. The van der Waals surface area contributed by atoms with Crippen LogP contribution >= 0.6 is 0 Å². The highest BCUT2D eigenvalue weighted by atomic mass is 32.2. The number of sulfonamides is 1. The molecule has 2 aromatic carbocycles. The minimum atomic E-state index is -3.67. The van der Waals surface area contributed by atoms with Gasteiger partial charge in [0.15, 0.2) is 17.3 Å². The molecule has 0 atom stereocenters. The Bertz CT molecular complexity index is 1340. The fourth-order valence-corrected chi connectivity index (χ4v) is 3.48. The van der Waals surface area contributed by atoms with Gasteiger partial charge in [0.05, 0.1) is 5.75 Å². The van der Waals surface area contributed by atoms with Crippen LogP contribution in [0, 0.1) is 11.6 Å². The standard InChI is InChI=1S/C21H18F4N2O5S/c1-3-33(29,30)26-14-5-7-17(31-18-6-4-13(22)9-16(18)23)15(10-14)12-8-19(32-21(24)25)20(28)27(2)11-12/h4-11,21,26H,3H2,1-2H3. The summed E-state index contributed by atoms with van der Waals surface area (Å²) >= 11 is 0. The van der Waals surface area contributed by atoms with Crippen molar-refractivity contribution in [1.29, 1.82) is 0 Å². The highest BCUT2D eigenvalue weighted by Gasteiger charge is 2.18. The maximum Gasteiger partial charge on any atom is 0.387 e. The molecule has 0 amide bonds. The van der Waals surface area contributed by atoms with Gasteiger partial charge in [-0.15, -0.1) is 0 Å². The van der Waals surface area contributed by atoms with Gasteiger partial charge in [0.25, 0.3) is 5.56 Å². The Labute approximate surface area is 186 Å². The zero-order valence-electron chi connectivity index (χ0n) is 17.3. The molecule has 3 rings (SSSR count). The molecule has 0 aliphatic carbocycles. The van der Waals surface area contributed by atoms with Crippen LogP contribution in [0.4, 0.5) is 23.2 Å². The molecule has 0 fully saturated rings. The first-order valence-corrected chi connectivity index (χ1v) is 11.1. The van der Waals surface area contributed by atoms with Crippen molar-refractivity contribution >= 4 is 15.7 Å². The summed E-state index contributed by atoms with van der Waals surface area (Å²) < 4.78 is 90.0. The molecule has 7 nitrogen and oxygen atoms in total. The Morgan fingerprint density at radius 3 is 2.36 bits per heavy atom. The molecular weight excluding hydrogens is 468 g/mol. The Balaban J connectivity index is 2.17. The van der Waals surface area contributed by atoms with E-state index < -0.39 is 39.6 Å². The third-order valence-electron chi connectivity index (χ3n) is 4.42. The van der Waals surface area contributed by atoms with Gasteiger partial charge in [-0.2, -0.15) is 8.78 Å². The van der Waals surface area contributed by atoms with Gasteiger partial charge in [-0.1, -0.05) is 0 Å². The molecule has 12 heteroatoms. The van der Waals surface area contributed by atoms with Crippen molar-refractivity contribution in [3.63, 3.8) is 0 Å². The predicted octanol–water partition coefficient (Wildman–Crippen LogP) is 4.49. The first kappa shape index (κ1) is 24.1. The summed E-state index contributed by atoms with van der Waals surface area (Å²) in [6.45, 7) is -1.83. The van der Waals surface area contributed by atoms with Gasteiger partial charge in [-0.3, -0.25) is 9.52 Å². The van der Waals surface area contributed by atoms with Crippen molar-refractivity contribution in [2.45, 2.75) is 13.5 Å². The molecule has 1 aromatic heterocycles. The first-order valence-electron chi connectivity index (χ1n) is 9.42. The Kier molecular flexibility index (Phi) is 6.96. The van der Waals surface area contributed by atoms with Gasteiger partial charge < -0.3 is 14.0 Å². The van der Waals surface area contributed by atoms with Gasteiger partial charge in [0, 0.05) is 36.1 Å². The number of rotatable bonds is 8. The second kappa shape index (κ2) is 9.53.